The molecule has 0 aliphatic carbocycles. The molecule has 3 N–H and O–H groups in total. The van der Waals surface area contributed by atoms with Crippen LogP contribution in [0.5, 0.6) is 0 Å². The van der Waals surface area contributed by atoms with E-state index in [0.717, 1.165) is 11.3 Å². The summed E-state index contributed by atoms with van der Waals surface area (Å²) in [6.07, 6.45) is 2.43. The van der Waals surface area contributed by atoms with E-state index in [9.17, 15) is 9.90 Å². The third-order valence-electron chi connectivity index (χ3n) is 2.96. The Bertz CT molecular complexity index is 574. The zero-order valence-electron chi connectivity index (χ0n) is 10.8. The monoisotopic (exact) mass is 264 g/mol. The molecular formula is C11H16N6O2. The fourth-order valence-corrected chi connectivity index (χ4v) is 2.13. The summed E-state index contributed by atoms with van der Waals surface area (Å²) in [5.74, 6) is -0.457. The van der Waals surface area contributed by atoms with E-state index in [0.29, 0.717) is 12.1 Å². The molecule has 0 saturated heterocycles. The van der Waals surface area contributed by atoms with Gasteiger partial charge in [0, 0.05) is 11.9 Å². The summed E-state index contributed by atoms with van der Waals surface area (Å²) < 4.78 is 1.80. The number of nitrogens with two attached hydrogens (primary N) is 1. The summed E-state index contributed by atoms with van der Waals surface area (Å²) in [4.78, 5) is 12.6. The van der Waals surface area contributed by atoms with E-state index in [1.54, 1.807) is 17.7 Å². The van der Waals surface area contributed by atoms with E-state index >= 15 is 0 Å². The van der Waals surface area contributed by atoms with Crippen molar-refractivity contribution in [2.24, 2.45) is 5.73 Å². The number of amides is 1. The van der Waals surface area contributed by atoms with Crippen molar-refractivity contribution >= 4 is 5.91 Å². The van der Waals surface area contributed by atoms with Gasteiger partial charge < -0.3 is 15.4 Å². The smallest absolute Gasteiger partial charge is 0.250 e. The third-order valence-corrected chi connectivity index (χ3v) is 2.96. The summed E-state index contributed by atoms with van der Waals surface area (Å²) in [6.45, 7) is 4.19. The molecule has 19 heavy (non-hydrogen) atoms. The van der Waals surface area contributed by atoms with Crippen molar-refractivity contribution in [3.63, 3.8) is 0 Å². The van der Waals surface area contributed by atoms with Crippen LogP contribution in [0.1, 0.15) is 21.6 Å². The topological polar surface area (TPSA) is 112 Å². The van der Waals surface area contributed by atoms with Gasteiger partial charge in [-0.1, -0.05) is 0 Å². The molecule has 8 heteroatoms. The standard InChI is InChI=1S/C11H16N6O2/c1-7-3-16(8(2)10(7)11(12)19)4-9(18)5-17-14-6-13-15-17/h3,6,9,18H,4-5H2,1-2H3,(H2,12,19). The Morgan fingerprint density at radius 3 is 2.74 bits per heavy atom. The Balaban J connectivity index is 2.11. The van der Waals surface area contributed by atoms with Crippen molar-refractivity contribution in [3.05, 3.63) is 29.3 Å². The van der Waals surface area contributed by atoms with Crippen LogP contribution in [0.2, 0.25) is 0 Å². The van der Waals surface area contributed by atoms with E-state index in [1.807, 2.05) is 6.92 Å². The van der Waals surface area contributed by atoms with Gasteiger partial charge in [0.1, 0.15) is 0 Å². The van der Waals surface area contributed by atoms with Gasteiger partial charge in [0.15, 0.2) is 6.33 Å². The van der Waals surface area contributed by atoms with Gasteiger partial charge in [0.05, 0.1) is 24.8 Å². The van der Waals surface area contributed by atoms with Gasteiger partial charge in [-0.3, -0.25) is 4.79 Å². The second-order valence-corrected chi connectivity index (χ2v) is 4.43. The molecule has 1 unspecified atom stereocenters. The number of carbonyl (C=O) groups is 1. The number of aryl methyl sites for hydroxylation is 1. The predicted octanol–water partition coefficient (Wildman–Crippen LogP) is -0.749. The maximum Gasteiger partial charge on any atom is 0.250 e. The lowest BCUT2D eigenvalue weighted by atomic mass is 10.1. The molecule has 0 spiro atoms. The van der Waals surface area contributed by atoms with Crippen LogP contribution in [0.15, 0.2) is 12.5 Å². The van der Waals surface area contributed by atoms with Crippen LogP contribution in [0.3, 0.4) is 0 Å². The first-order valence-electron chi connectivity index (χ1n) is 5.84. The van der Waals surface area contributed by atoms with Crippen LogP contribution in [0.4, 0.5) is 0 Å². The number of aromatic nitrogens is 5. The van der Waals surface area contributed by atoms with Crippen molar-refractivity contribution in [3.8, 4) is 0 Å². The molecule has 0 fully saturated rings. The lowest BCUT2D eigenvalue weighted by Crippen LogP contribution is -2.24. The van der Waals surface area contributed by atoms with Crippen LogP contribution in [-0.4, -0.2) is 41.9 Å². The van der Waals surface area contributed by atoms with Crippen LogP contribution >= 0.6 is 0 Å². The molecule has 2 rings (SSSR count). The molecule has 2 heterocycles. The maximum atomic E-state index is 11.3. The van der Waals surface area contributed by atoms with Gasteiger partial charge in [-0.15, -0.1) is 10.2 Å². The highest BCUT2D eigenvalue weighted by atomic mass is 16.3. The van der Waals surface area contributed by atoms with Crippen molar-refractivity contribution in [1.82, 2.24) is 24.8 Å². The highest BCUT2D eigenvalue weighted by molar-refractivity contribution is 5.95. The zero-order chi connectivity index (χ0) is 14.0. The molecule has 0 aromatic carbocycles. The van der Waals surface area contributed by atoms with E-state index in [2.05, 4.69) is 15.4 Å². The van der Waals surface area contributed by atoms with E-state index in [4.69, 9.17) is 5.73 Å². The van der Waals surface area contributed by atoms with Gasteiger partial charge in [-0.2, -0.15) is 4.80 Å². The summed E-state index contributed by atoms with van der Waals surface area (Å²) in [5, 5.41) is 21.0. The normalized spacial score (nSPS) is 12.6. The Kier molecular flexibility index (Phi) is 3.61. The van der Waals surface area contributed by atoms with Gasteiger partial charge >= 0.3 is 0 Å². The molecule has 2 aromatic rings. The van der Waals surface area contributed by atoms with Crippen LogP contribution in [-0.2, 0) is 13.1 Å². The summed E-state index contributed by atoms with van der Waals surface area (Å²) >= 11 is 0. The fraction of sp³-hybridized carbons (Fsp3) is 0.455. The molecule has 0 aliphatic rings. The number of aliphatic hydroxyl groups is 1. The number of carbonyl (C=O) groups excluding carboxylic acids is 1. The fourth-order valence-electron chi connectivity index (χ4n) is 2.13. The number of primary amides is 1. The molecule has 0 bridgehead atoms. The Morgan fingerprint density at radius 2 is 2.21 bits per heavy atom. The SMILES string of the molecule is Cc1cn(CC(O)Cn2ncnn2)c(C)c1C(N)=O. The highest BCUT2D eigenvalue weighted by Gasteiger charge is 2.16. The van der Waals surface area contributed by atoms with Crippen LogP contribution in [0, 0.1) is 13.8 Å². The van der Waals surface area contributed by atoms with Crippen molar-refractivity contribution in [2.45, 2.75) is 33.0 Å². The molecular weight excluding hydrogens is 248 g/mol. The first-order chi connectivity index (χ1) is 8.99. The Hall–Kier alpha value is -2.22. The van der Waals surface area contributed by atoms with Gasteiger partial charge in [0.25, 0.3) is 5.91 Å². The highest BCUT2D eigenvalue weighted by Crippen LogP contribution is 2.16. The van der Waals surface area contributed by atoms with Crippen molar-refractivity contribution in [2.75, 3.05) is 0 Å². The molecule has 0 aliphatic heterocycles. The van der Waals surface area contributed by atoms with Crippen molar-refractivity contribution in [1.29, 1.82) is 0 Å². The molecule has 0 saturated carbocycles. The Labute approximate surface area is 109 Å². The summed E-state index contributed by atoms with van der Waals surface area (Å²) in [5.41, 5.74) is 7.38. The van der Waals surface area contributed by atoms with Crippen molar-refractivity contribution < 1.29 is 9.90 Å². The molecule has 1 amide bonds. The van der Waals surface area contributed by atoms with Crippen LogP contribution < -0.4 is 5.73 Å². The van der Waals surface area contributed by atoms with Crippen LogP contribution in [0.25, 0.3) is 0 Å². The number of tetrazole rings is 1. The molecule has 0 radical (unpaired) electrons. The number of rotatable bonds is 5. The first-order valence-corrected chi connectivity index (χ1v) is 5.84. The maximum absolute atomic E-state index is 11.3. The Morgan fingerprint density at radius 1 is 1.47 bits per heavy atom. The number of aliphatic hydroxyl groups excluding tert-OH is 1. The minimum absolute atomic E-state index is 0.239. The molecule has 102 valence electrons. The molecule has 8 nitrogen and oxygen atoms in total. The van der Waals surface area contributed by atoms with Gasteiger partial charge in [-0.25, -0.2) is 0 Å². The average molecular weight is 264 g/mol. The minimum Gasteiger partial charge on any atom is -0.389 e. The van der Waals surface area contributed by atoms with E-state index in [-0.39, 0.29) is 6.54 Å². The minimum atomic E-state index is -0.680. The second kappa shape index (κ2) is 5.19. The number of nitrogens with zero attached hydrogens (tertiary/aromatic N) is 5. The van der Waals surface area contributed by atoms with E-state index in [1.165, 1.54) is 11.1 Å². The largest absolute Gasteiger partial charge is 0.389 e. The van der Waals surface area contributed by atoms with E-state index < -0.39 is 12.0 Å². The van der Waals surface area contributed by atoms with Gasteiger partial charge in [0.2, 0.25) is 0 Å². The molecule has 2 aromatic heterocycles. The number of hydrogen-bond acceptors (Lipinski definition) is 5. The summed E-state index contributed by atoms with van der Waals surface area (Å²) in [6, 6.07) is 0. The lowest BCUT2D eigenvalue weighted by Gasteiger charge is -2.12. The third kappa shape index (κ3) is 2.79. The second-order valence-electron chi connectivity index (χ2n) is 4.43. The first kappa shape index (κ1) is 13.2. The van der Waals surface area contributed by atoms with Gasteiger partial charge in [-0.05, 0) is 24.6 Å². The lowest BCUT2D eigenvalue weighted by molar-refractivity contribution is 0.0997. The quantitative estimate of drug-likeness (QED) is 0.738. The predicted molar refractivity (Wildman–Crippen MR) is 66.2 cm³/mol. The zero-order valence-corrected chi connectivity index (χ0v) is 10.8. The molecule has 1 atom stereocenters. The number of hydrogen-bond donors (Lipinski definition) is 2. The summed E-state index contributed by atoms with van der Waals surface area (Å²) in [7, 11) is 0. The average Bonchev–Trinajstić information content (AvgIpc) is 2.88.